The van der Waals surface area contributed by atoms with E-state index in [2.05, 4.69) is 20.7 Å². The zero-order valence-corrected chi connectivity index (χ0v) is 16.8. The average Bonchev–Trinajstić information content (AvgIpc) is 3.05. The molecular weight excluding hydrogens is 409 g/mol. The highest BCUT2D eigenvalue weighted by Crippen LogP contribution is 2.25. The second-order valence-electron chi connectivity index (χ2n) is 6.83. The number of carbonyl (C=O) groups is 1. The van der Waals surface area contributed by atoms with Gasteiger partial charge in [0.05, 0.1) is 5.02 Å². The van der Waals surface area contributed by atoms with Crippen LogP contribution in [0.4, 0.5) is 21.6 Å². The molecule has 2 aromatic carbocycles. The number of halogens is 2. The van der Waals surface area contributed by atoms with Gasteiger partial charge in [-0.2, -0.15) is 4.52 Å². The van der Waals surface area contributed by atoms with Crippen molar-refractivity contribution in [3.63, 3.8) is 0 Å². The van der Waals surface area contributed by atoms with Gasteiger partial charge < -0.3 is 10.6 Å². The summed E-state index contributed by atoms with van der Waals surface area (Å²) in [4.78, 5) is 29.9. The van der Waals surface area contributed by atoms with Crippen molar-refractivity contribution in [1.82, 2.24) is 14.6 Å². The van der Waals surface area contributed by atoms with Gasteiger partial charge in [-0.3, -0.25) is 14.7 Å². The molecule has 0 saturated heterocycles. The zero-order chi connectivity index (χ0) is 21.4. The third kappa shape index (κ3) is 3.77. The summed E-state index contributed by atoms with van der Waals surface area (Å²) < 4.78 is 14.6. The van der Waals surface area contributed by atoms with Crippen molar-refractivity contribution in [3.05, 3.63) is 86.5 Å². The number of nitrogens with one attached hydrogen (secondary N) is 3. The third-order valence-corrected chi connectivity index (χ3v) is 4.76. The van der Waals surface area contributed by atoms with Crippen molar-refractivity contribution >= 4 is 40.3 Å². The number of aromatic nitrogens is 3. The van der Waals surface area contributed by atoms with Gasteiger partial charge in [-0.15, -0.1) is 0 Å². The summed E-state index contributed by atoms with van der Waals surface area (Å²) >= 11 is 5.81. The van der Waals surface area contributed by atoms with E-state index in [1.54, 1.807) is 6.92 Å². The van der Waals surface area contributed by atoms with Gasteiger partial charge in [0.25, 0.3) is 11.5 Å². The van der Waals surface area contributed by atoms with Gasteiger partial charge in [0.2, 0.25) is 0 Å². The maximum atomic E-state index is 13.4. The third-order valence-electron chi connectivity index (χ3n) is 4.47. The Labute approximate surface area is 175 Å². The number of anilines is 3. The van der Waals surface area contributed by atoms with Crippen LogP contribution in [-0.2, 0) is 0 Å². The second kappa shape index (κ2) is 7.64. The molecule has 2 aromatic heterocycles. The number of hydrogen-bond donors (Lipinski definition) is 3. The highest BCUT2D eigenvalue weighted by Gasteiger charge is 2.22. The number of aryl methyl sites for hydroxylation is 2. The fourth-order valence-electron chi connectivity index (χ4n) is 3.01. The lowest BCUT2D eigenvalue weighted by atomic mass is 10.2. The molecule has 0 radical (unpaired) electrons. The van der Waals surface area contributed by atoms with E-state index in [0.717, 1.165) is 17.3 Å². The van der Waals surface area contributed by atoms with E-state index in [-0.39, 0.29) is 21.8 Å². The maximum absolute atomic E-state index is 13.4. The number of carbonyl (C=O) groups excluding carboxylic acids is 1. The minimum atomic E-state index is -0.590. The molecule has 0 fully saturated rings. The molecule has 0 aliphatic heterocycles. The average molecular weight is 426 g/mol. The predicted octanol–water partition coefficient (Wildman–Crippen LogP) is 4.43. The summed E-state index contributed by atoms with van der Waals surface area (Å²) in [6.07, 6.45) is 0. The molecule has 0 aliphatic carbocycles. The first-order chi connectivity index (χ1) is 14.3. The first kappa shape index (κ1) is 19.7. The minimum Gasteiger partial charge on any atom is -0.340 e. The van der Waals surface area contributed by atoms with Crippen LogP contribution >= 0.6 is 11.6 Å². The summed E-state index contributed by atoms with van der Waals surface area (Å²) in [5.41, 5.74) is 2.53. The topological polar surface area (TPSA) is 91.3 Å². The van der Waals surface area contributed by atoms with E-state index in [1.807, 2.05) is 31.2 Å². The van der Waals surface area contributed by atoms with Gasteiger partial charge in [0.1, 0.15) is 17.2 Å². The number of H-pyrrole nitrogens is 1. The number of nitrogens with zero attached hydrogens (tertiary/aromatic N) is 2. The number of amides is 1. The highest BCUT2D eigenvalue weighted by atomic mass is 35.5. The molecule has 0 unspecified atom stereocenters. The van der Waals surface area contributed by atoms with Gasteiger partial charge in [-0.1, -0.05) is 29.3 Å². The molecule has 0 saturated carbocycles. The predicted molar refractivity (Wildman–Crippen MR) is 114 cm³/mol. The van der Waals surface area contributed by atoms with Crippen molar-refractivity contribution in [3.8, 4) is 0 Å². The Balaban J connectivity index is 1.80. The molecule has 30 heavy (non-hydrogen) atoms. The molecule has 0 bridgehead atoms. The summed E-state index contributed by atoms with van der Waals surface area (Å²) in [7, 11) is 0. The van der Waals surface area contributed by atoms with E-state index < -0.39 is 11.7 Å². The number of benzene rings is 2. The van der Waals surface area contributed by atoms with Crippen LogP contribution in [0.5, 0.6) is 0 Å². The van der Waals surface area contributed by atoms with Crippen LogP contribution in [0.25, 0.3) is 5.65 Å². The van der Waals surface area contributed by atoms with Crippen LogP contribution in [0.2, 0.25) is 5.02 Å². The largest absolute Gasteiger partial charge is 0.340 e. The van der Waals surface area contributed by atoms with Crippen molar-refractivity contribution in [2.24, 2.45) is 0 Å². The lowest BCUT2D eigenvalue weighted by Crippen LogP contribution is -2.17. The van der Waals surface area contributed by atoms with Crippen molar-refractivity contribution in [1.29, 1.82) is 0 Å². The molecule has 3 N–H and O–H groups in total. The molecule has 152 valence electrons. The first-order valence-corrected chi connectivity index (χ1v) is 9.42. The number of rotatable bonds is 4. The zero-order valence-electron chi connectivity index (χ0n) is 16.1. The summed E-state index contributed by atoms with van der Waals surface area (Å²) in [6, 6.07) is 12.8. The molecule has 9 heteroatoms. The Morgan fingerprint density at radius 3 is 2.50 bits per heavy atom. The second-order valence-corrected chi connectivity index (χ2v) is 7.24. The van der Waals surface area contributed by atoms with Gasteiger partial charge in [0, 0.05) is 23.1 Å². The highest BCUT2D eigenvalue weighted by molar-refractivity contribution is 6.31. The summed E-state index contributed by atoms with van der Waals surface area (Å²) in [5, 5.41) is 8.57. The molecule has 0 atom stereocenters. The van der Waals surface area contributed by atoms with Crippen molar-refractivity contribution in [2.45, 2.75) is 13.8 Å². The van der Waals surface area contributed by atoms with E-state index in [1.165, 1.54) is 22.7 Å². The molecule has 2 heterocycles. The van der Waals surface area contributed by atoms with Crippen molar-refractivity contribution < 1.29 is 9.18 Å². The molecule has 0 aliphatic rings. The molecule has 4 aromatic rings. The van der Waals surface area contributed by atoms with Crippen LogP contribution in [0.3, 0.4) is 0 Å². The van der Waals surface area contributed by atoms with Gasteiger partial charge >= 0.3 is 0 Å². The van der Waals surface area contributed by atoms with Crippen LogP contribution in [0.15, 0.2) is 53.3 Å². The Kier molecular flexibility index (Phi) is 5.01. The molecule has 0 spiro atoms. The Morgan fingerprint density at radius 1 is 1.10 bits per heavy atom. The first-order valence-electron chi connectivity index (χ1n) is 9.04. The van der Waals surface area contributed by atoms with Gasteiger partial charge in [-0.05, 0) is 44.2 Å². The normalized spacial score (nSPS) is 10.9. The Morgan fingerprint density at radius 2 is 1.80 bits per heavy atom. The Bertz CT molecular complexity index is 1330. The minimum absolute atomic E-state index is 0.116. The number of hydrogen-bond acceptors (Lipinski definition) is 4. The lowest BCUT2D eigenvalue weighted by molar-refractivity contribution is 0.102. The van der Waals surface area contributed by atoms with Crippen LogP contribution in [0, 0.1) is 19.7 Å². The lowest BCUT2D eigenvalue weighted by Gasteiger charge is -2.09. The van der Waals surface area contributed by atoms with Crippen LogP contribution < -0.4 is 16.2 Å². The van der Waals surface area contributed by atoms with Gasteiger partial charge in [0.15, 0.2) is 5.65 Å². The van der Waals surface area contributed by atoms with E-state index in [9.17, 15) is 14.0 Å². The van der Waals surface area contributed by atoms with Gasteiger partial charge in [-0.25, -0.2) is 9.37 Å². The quantitative estimate of drug-likeness (QED) is 0.451. The SMILES string of the molecule is Cc1ccc(Nc2[nH]n3c(=O)cc(C)nc3c2C(=O)Nc2ccc(F)c(Cl)c2)cc1. The van der Waals surface area contributed by atoms with E-state index in [4.69, 9.17) is 11.6 Å². The standard InChI is InChI=1S/C21H17ClFN5O2/c1-11-3-5-13(6-4-11)25-19-18(20-24-12(2)9-17(29)28(20)27-19)21(30)26-14-7-8-16(23)15(22)10-14/h3-10,25,27H,1-2H3,(H,26,30). The molecule has 4 rings (SSSR count). The van der Waals surface area contributed by atoms with Crippen LogP contribution in [0.1, 0.15) is 21.6 Å². The summed E-state index contributed by atoms with van der Waals surface area (Å²) in [5.74, 6) is -0.837. The van der Waals surface area contributed by atoms with E-state index in [0.29, 0.717) is 17.2 Å². The Hall–Kier alpha value is -3.65. The molecular formula is C21H17ClFN5O2. The molecule has 7 nitrogen and oxygen atoms in total. The van der Waals surface area contributed by atoms with Crippen molar-refractivity contribution in [2.75, 3.05) is 10.6 Å². The summed E-state index contributed by atoms with van der Waals surface area (Å²) in [6.45, 7) is 3.63. The fraction of sp³-hybridized carbons (Fsp3) is 0.0952. The fourth-order valence-corrected chi connectivity index (χ4v) is 3.19. The van der Waals surface area contributed by atoms with E-state index >= 15 is 0 Å². The number of fused-ring (bicyclic) bond motifs is 1. The smallest absolute Gasteiger partial charge is 0.272 e. The number of aromatic amines is 1. The maximum Gasteiger partial charge on any atom is 0.272 e. The molecule has 1 amide bonds. The van der Waals surface area contributed by atoms with Crippen LogP contribution in [-0.4, -0.2) is 20.5 Å². The monoisotopic (exact) mass is 425 g/mol.